The number of nitrogens with one attached hydrogen (secondary N) is 1. The van der Waals surface area contributed by atoms with Gasteiger partial charge < -0.3 is 15.2 Å². The lowest BCUT2D eigenvalue weighted by molar-refractivity contribution is -0.137. The molecule has 0 heterocycles. The summed E-state index contributed by atoms with van der Waals surface area (Å²) in [6, 6.07) is 18.4. The average Bonchev–Trinajstić information content (AvgIpc) is 2.67. The first-order chi connectivity index (χ1) is 13.1. The third-order valence-electron chi connectivity index (χ3n) is 3.66. The van der Waals surface area contributed by atoms with Crippen LogP contribution < -0.4 is 10.1 Å². The molecule has 0 spiro atoms. The minimum Gasteiger partial charge on any atom is -0.493 e. The number of amides is 1. The molecule has 2 N–H and O–H groups in total. The van der Waals surface area contributed by atoms with Crippen molar-refractivity contribution >= 4 is 18.0 Å². The number of carboxylic acids is 1. The summed E-state index contributed by atoms with van der Waals surface area (Å²) < 4.78 is 5.35. The van der Waals surface area contributed by atoms with E-state index in [-0.39, 0.29) is 18.6 Å². The van der Waals surface area contributed by atoms with Crippen LogP contribution in [0.25, 0.3) is 6.08 Å². The van der Waals surface area contributed by atoms with E-state index in [1.54, 1.807) is 24.3 Å². The molecular formula is C21H20N2O4. The first kappa shape index (κ1) is 19.7. The van der Waals surface area contributed by atoms with Gasteiger partial charge >= 0.3 is 5.97 Å². The van der Waals surface area contributed by atoms with Gasteiger partial charge in [0.1, 0.15) is 17.4 Å². The van der Waals surface area contributed by atoms with Crippen molar-refractivity contribution in [1.82, 2.24) is 5.32 Å². The molecule has 0 saturated carbocycles. The van der Waals surface area contributed by atoms with Crippen LogP contribution in [0, 0.1) is 11.3 Å². The van der Waals surface area contributed by atoms with Crippen molar-refractivity contribution in [1.29, 1.82) is 5.26 Å². The van der Waals surface area contributed by atoms with Crippen LogP contribution in [-0.4, -0.2) is 30.1 Å². The van der Waals surface area contributed by atoms with Gasteiger partial charge in [-0.15, -0.1) is 0 Å². The Morgan fingerprint density at radius 3 is 2.63 bits per heavy atom. The molecule has 2 aromatic rings. The normalized spacial score (nSPS) is 10.7. The number of rotatable bonds is 9. The number of nitrogens with zero attached hydrogens (tertiary/aromatic N) is 1. The molecule has 0 saturated heterocycles. The van der Waals surface area contributed by atoms with Gasteiger partial charge in [0, 0.05) is 6.54 Å². The molecule has 0 bridgehead atoms. The topological polar surface area (TPSA) is 99.4 Å². The molecule has 2 rings (SSSR count). The average molecular weight is 364 g/mol. The van der Waals surface area contributed by atoms with Gasteiger partial charge in [-0.1, -0.05) is 42.5 Å². The minimum atomic E-state index is -0.940. The summed E-state index contributed by atoms with van der Waals surface area (Å²) in [5, 5.41) is 20.6. The molecule has 0 radical (unpaired) electrons. The van der Waals surface area contributed by atoms with Crippen LogP contribution in [0.1, 0.15) is 17.5 Å². The summed E-state index contributed by atoms with van der Waals surface area (Å²) >= 11 is 0. The van der Waals surface area contributed by atoms with Crippen molar-refractivity contribution < 1.29 is 19.4 Å². The maximum atomic E-state index is 12.2. The predicted octanol–water partition coefficient (Wildman–Crippen LogP) is 2.81. The molecular weight excluding hydrogens is 344 g/mol. The highest BCUT2D eigenvalue weighted by atomic mass is 16.5. The van der Waals surface area contributed by atoms with E-state index in [2.05, 4.69) is 5.32 Å². The molecule has 6 nitrogen and oxygen atoms in total. The number of hydrogen-bond acceptors (Lipinski definition) is 4. The van der Waals surface area contributed by atoms with Gasteiger partial charge in [0.2, 0.25) is 0 Å². The van der Waals surface area contributed by atoms with Gasteiger partial charge in [0.15, 0.2) is 0 Å². The zero-order chi connectivity index (χ0) is 19.5. The number of carbonyl (C=O) groups is 2. The van der Waals surface area contributed by atoms with Crippen LogP contribution in [0.4, 0.5) is 0 Å². The fourth-order valence-corrected chi connectivity index (χ4v) is 2.33. The van der Waals surface area contributed by atoms with E-state index in [0.717, 1.165) is 5.56 Å². The summed E-state index contributed by atoms with van der Waals surface area (Å²) in [6.45, 7) is 0.480. The van der Waals surface area contributed by atoms with E-state index >= 15 is 0 Å². The standard InChI is InChI=1S/C21H20N2O4/c22-15-18(21(26)23-11-9-16-5-2-1-3-6-16)13-17-7-4-8-19(14-17)27-12-10-20(24)25/h1-8,13-14H,9-12H2,(H,23,26)(H,24,25)/b18-13-. The van der Waals surface area contributed by atoms with Crippen LogP contribution in [0.3, 0.4) is 0 Å². The summed E-state index contributed by atoms with van der Waals surface area (Å²) in [5.74, 6) is -0.901. The molecule has 6 heteroatoms. The molecule has 0 atom stereocenters. The fourth-order valence-electron chi connectivity index (χ4n) is 2.33. The zero-order valence-corrected chi connectivity index (χ0v) is 14.7. The van der Waals surface area contributed by atoms with Gasteiger partial charge in [0.25, 0.3) is 5.91 Å². The lowest BCUT2D eigenvalue weighted by atomic mass is 10.1. The van der Waals surface area contributed by atoms with E-state index in [0.29, 0.717) is 24.3 Å². The maximum Gasteiger partial charge on any atom is 0.306 e. The fraction of sp³-hybridized carbons (Fsp3) is 0.190. The third kappa shape index (κ3) is 7.04. The Labute approximate surface area is 157 Å². The second-order valence-corrected chi connectivity index (χ2v) is 5.73. The quantitative estimate of drug-likeness (QED) is 0.526. The molecule has 138 valence electrons. The number of aliphatic carboxylic acids is 1. The second kappa shape index (κ2) is 10.4. The van der Waals surface area contributed by atoms with Crippen molar-refractivity contribution in [3.05, 3.63) is 71.3 Å². The van der Waals surface area contributed by atoms with Crippen LogP contribution in [-0.2, 0) is 16.0 Å². The van der Waals surface area contributed by atoms with Crippen molar-refractivity contribution in [2.24, 2.45) is 0 Å². The lowest BCUT2D eigenvalue weighted by Gasteiger charge is -2.06. The summed E-state index contributed by atoms with van der Waals surface area (Å²) in [6.07, 6.45) is 2.05. The van der Waals surface area contributed by atoms with E-state index in [1.165, 1.54) is 6.08 Å². The number of ether oxygens (including phenoxy) is 1. The Morgan fingerprint density at radius 1 is 1.15 bits per heavy atom. The predicted molar refractivity (Wildman–Crippen MR) is 101 cm³/mol. The number of nitriles is 1. The molecule has 0 aliphatic heterocycles. The lowest BCUT2D eigenvalue weighted by Crippen LogP contribution is -2.26. The monoisotopic (exact) mass is 364 g/mol. The SMILES string of the molecule is N#C/C(=C/c1cccc(OCCC(=O)O)c1)C(=O)NCCc1ccccc1. The van der Waals surface area contributed by atoms with Crippen LogP contribution >= 0.6 is 0 Å². The zero-order valence-electron chi connectivity index (χ0n) is 14.7. The van der Waals surface area contributed by atoms with Gasteiger partial charge in [-0.3, -0.25) is 9.59 Å². The van der Waals surface area contributed by atoms with Gasteiger partial charge in [0.05, 0.1) is 13.0 Å². The molecule has 0 aromatic heterocycles. The minimum absolute atomic E-state index is 0.00857. The van der Waals surface area contributed by atoms with E-state index in [9.17, 15) is 14.9 Å². The summed E-state index contributed by atoms with van der Waals surface area (Å²) in [4.78, 5) is 22.7. The molecule has 0 unspecified atom stereocenters. The molecule has 0 fully saturated rings. The number of hydrogen-bond donors (Lipinski definition) is 2. The van der Waals surface area contributed by atoms with E-state index in [4.69, 9.17) is 9.84 Å². The molecule has 0 aliphatic rings. The highest BCUT2D eigenvalue weighted by Crippen LogP contribution is 2.16. The number of carbonyl (C=O) groups excluding carboxylic acids is 1. The molecule has 2 aromatic carbocycles. The van der Waals surface area contributed by atoms with Crippen molar-refractivity contribution in [3.8, 4) is 11.8 Å². The highest BCUT2D eigenvalue weighted by molar-refractivity contribution is 6.01. The summed E-state index contributed by atoms with van der Waals surface area (Å²) in [5.41, 5.74) is 1.72. The van der Waals surface area contributed by atoms with Crippen molar-refractivity contribution in [3.63, 3.8) is 0 Å². The Kier molecular flexibility index (Phi) is 7.61. The molecule has 0 aliphatic carbocycles. The van der Waals surface area contributed by atoms with Crippen molar-refractivity contribution in [2.45, 2.75) is 12.8 Å². The van der Waals surface area contributed by atoms with Crippen LogP contribution in [0.15, 0.2) is 60.2 Å². The van der Waals surface area contributed by atoms with Gasteiger partial charge in [-0.25, -0.2) is 0 Å². The van der Waals surface area contributed by atoms with Gasteiger partial charge in [-0.2, -0.15) is 5.26 Å². The smallest absolute Gasteiger partial charge is 0.306 e. The highest BCUT2D eigenvalue weighted by Gasteiger charge is 2.09. The van der Waals surface area contributed by atoms with E-state index < -0.39 is 11.9 Å². The summed E-state index contributed by atoms with van der Waals surface area (Å²) in [7, 11) is 0. The van der Waals surface area contributed by atoms with Gasteiger partial charge in [-0.05, 0) is 35.8 Å². The third-order valence-corrected chi connectivity index (χ3v) is 3.66. The Morgan fingerprint density at radius 2 is 1.93 bits per heavy atom. The Bertz CT molecular complexity index is 854. The number of carboxylic acid groups (broad SMARTS) is 1. The largest absolute Gasteiger partial charge is 0.493 e. The number of benzene rings is 2. The molecule has 1 amide bonds. The van der Waals surface area contributed by atoms with E-state index in [1.807, 2.05) is 36.4 Å². The van der Waals surface area contributed by atoms with Crippen molar-refractivity contribution in [2.75, 3.05) is 13.2 Å². The van der Waals surface area contributed by atoms with Crippen LogP contribution in [0.2, 0.25) is 0 Å². The Hall–Kier alpha value is -3.59. The molecule has 27 heavy (non-hydrogen) atoms. The Balaban J connectivity index is 1.95. The maximum absolute atomic E-state index is 12.2. The first-order valence-corrected chi connectivity index (χ1v) is 8.47. The van der Waals surface area contributed by atoms with Crippen LogP contribution in [0.5, 0.6) is 5.75 Å². The second-order valence-electron chi connectivity index (χ2n) is 5.73. The first-order valence-electron chi connectivity index (χ1n) is 8.47.